The summed E-state index contributed by atoms with van der Waals surface area (Å²) in [5.74, 6) is 0.575. The quantitative estimate of drug-likeness (QED) is 0.665. The first kappa shape index (κ1) is 17.4. The monoisotopic (exact) mass is 348 g/mol. The Kier molecular flexibility index (Phi) is 5.43. The number of rotatable bonds is 7. The van der Waals surface area contributed by atoms with Crippen molar-refractivity contribution in [1.29, 1.82) is 0 Å². The van der Waals surface area contributed by atoms with Crippen LogP contribution in [0.4, 0.5) is 0 Å². The Balaban J connectivity index is 1.62. The lowest BCUT2D eigenvalue weighted by molar-refractivity contribution is 0.0940. The van der Waals surface area contributed by atoms with Gasteiger partial charge in [-0.2, -0.15) is 5.10 Å². The summed E-state index contributed by atoms with van der Waals surface area (Å²) in [6.07, 6.45) is 4.81. The van der Waals surface area contributed by atoms with Crippen LogP contribution in [0.15, 0.2) is 73.8 Å². The average Bonchev–Trinajstić information content (AvgIpc) is 3.21. The molecule has 0 fully saturated rings. The molecule has 1 atom stereocenters. The lowest BCUT2D eigenvalue weighted by Gasteiger charge is -2.15. The van der Waals surface area contributed by atoms with Crippen molar-refractivity contribution in [1.82, 2.24) is 20.1 Å². The van der Waals surface area contributed by atoms with Crippen LogP contribution in [0.5, 0.6) is 5.75 Å². The maximum absolute atomic E-state index is 12.4. The van der Waals surface area contributed by atoms with Gasteiger partial charge in [-0.25, -0.2) is 9.67 Å². The molecule has 0 saturated heterocycles. The molecule has 6 nitrogen and oxygen atoms in total. The molecule has 1 aromatic heterocycles. The van der Waals surface area contributed by atoms with Gasteiger partial charge in [-0.05, 0) is 48.9 Å². The van der Waals surface area contributed by atoms with E-state index in [0.29, 0.717) is 17.9 Å². The summed E-state index contributed by atoms with van der Waals surface area (Å²) in [6.45, 7) is 5.99. The highest BCUT2D eigenvalue weighted by atomic mass is 16.5. The topological polar surface area (TPSA) is 69.0 Å². The van der Waals surface area contributed by atoms with Crippen molar-refractivity contribution in [3.8, 4) is 11.4 Å². The highest BCUT2D eigenvalue weighted by Crippen LogP contribution is 2.17. The van der Waals surface area contributed by atoms with E-state index in [-0.39, 0.29) is 11.9 Å². The molecule has 1 heterocycles. The van der Waals surface area contributed by atoms with Crippen LogP contribution in [0.25, 0.3) is 5.69 Å². The number of carbonyl (C=O) groups is 1. The minimum Gasteiger partial charge on any atom is -0.490 e. The second kappa shape index (κ2) is 8.11. The Morgan fingerprint density at radius 2 is 1.96 bits per heavy atom. The number of hydrogen-bond donors (Lipinski definition) is 1. The molecule has 0 saturated carbocycles. The molecule has 1 N–H and O–H groups in total. The molecule has 1 amide bonds. The molecule has 0 bridgehead atoms. The largest absolute Gasteiger partial charge is 0.490 e. The van der Waals surface area contributed by atoms with Crippen LogP contribution in [-0.2, 0) is 0 Å². The second-order valence-electron chi connectivity index (χ2n) is 5.75. The van der Waals surface area contributed by atoms with Gasteiger partial charge in [0, 0.05) is 5.56 Å². The molecule has 3 aromatic rings. The second-order valence-corrected chi connectivity index (χ2v) is 5.75. The van der Waals surface area contributed by atoms with E-state index >= 15 is 0 Å². The Labute approximate surface area is 152 Å². The lowest BCUT2D eigenvalue weighted by atomic mass is 10.1. The van der Waals surface area contributed by atoms with Gasteiger partial charge < -0.3 is 10.1 Å². The normalized spacial score (nSPS) is 11.6. The van der Waals surface area contributed by atoms with Crippen LogP contribution in [0.3, 0.4) is 0 Å². The molecular formula is C20H20N4O2. The summed E-state index contributed by atoms with van der Waals surface area (Å²) in [7, 11) is 0. The van der Waals surface area contributed by atoms with E-state index in [2.05, 4.69) is 22.0 Å². The zero-order valence-corrected chi connectivity index (χ0v) is 14.5. The van der Waals surface area contributed by atoms with Gasteiger partial charge in [0.2, 0.25) is 0 Å². The first-order chi connectivity index (χ1) is 12.7. The van der Waals surface area contributed by atoms with Crippen LogP contribution in [-0.4, -0.2) is 27.3 Å². The third kappa shape index (κ3) is 4.16. The van der Waals surface area contributed by atoms with Crippen LogP contribution in [0, 0.1) is 0 Å². The predicted octanol–water partition coefficient (Wildman–Crippen LogP) is 3.32. The van der Waals surface area contributed by atoms with Crippen molar-refractivity contribution in [3.05, 3.63) is 85.0 Å². The minimum atomic E-state index is -0.131. The molecule has 2 aromatic carbocycles. The molecule has 26 heavy (non-hydrogen) atoms. The summed E-state index contributed by atoms with van der Waals surface area (Å²) in [6, 6.07) is 14.7. The zero-order chi connectivity index (χ0) is 18.4. The first-order valence-corrected chi connectivity index (χ1v) is 8.27. The van der Waals surface area contributed by atoms with Gasteiger partial charge in [-0.1, -0.05) is 24.8 Å². The molecule has 132 valence electrons. The molecule has 0 radical (unpaired) electrons. The van der Waals surface area contributed by atoms with E-state index in [1.54, 1.807) is 41.4 Å². The number of amides is 1. The molecule has 6 heteroatoms. The standard InChI is InChI=1S/C20H20N4O2/c1-3-12-26-19-10-6-17(7-11-19)20(25)23-15(2)16-4-8-18(9-5-16)24-14-21-13-22-24/h3-11,13-15H,1,12H2,2H3,(H,23,25). The maximum Gasteiger partial charge on any atom is 0.251 e. The molecule has 0 spiro atoms. The van der Waals surface area contributed by atoms with Gasteiger partial charge in [0.15, 0.2) is 0 Å². The summed E-state index contributed by atoms with van der Waals surface area (Å²) < 4.78 is 7.10. The Morgan fingerprint density at radius 1 is 1.23 bits per heavy atom. The number of nitrogens with zero attached hydrogens (tertiary/aromatic N) is 3. The van der Waals surface area contributed by atoms with E-state index in [0.717, 1.165) is 11.3 Å². The Morgan fingerprint density at radius 3 is 2.58 bits per heavy atom. The summed E-state index contributed by atoms with van der Waals surface area (Å²) >= 11 is 0. The van der Waals surface area contributed by atoms with Gasteiger partial charge in [-0.15, -0.1) is 0 Å². The molecule has 3 rings (SSSR count). The van der Waals surface area contributed by atoms with E-state index in [9.17, 15) is 4.79 Å². The van der Waals surface area contributed by atoms with Gasteiger partial charge in [-0.3, -0.25) is 4.79 Å². The van der Waals surface area contributed by atoms with Crippen molar-refractivity contribution < 1.29 is 9.53 Å². The summed E-state index contributed by atoms with van der Waals surface area (Å²) in [4.78, 5) is 16.3. The van der Waals surface area contributed by atoms with Gasteiger partial charge in [0.05, 0.1) is 11.7 Å². The van der Waals surface area contributed by atoms with Crippen LogP contribution >= 0.6 is 0 Å². The number of nitrogens with one attached hydrogen (secondary N) is 1. The van der Waals surface area contributed by atoms with Crippen molar-refractivity contribution in [2.45, 2.75) is 13.0 Å². The fourth-order valence-corrected chi connectivity index (χ4v) is 2.48. The van der Waals surface area contributed by atoms with E-state index in [1.165, 1.54) is 6.33 Å². The molecule has 0 aliphatic heterocycles. The predicted molar refractivity (Wildman–Crippen MR) is 99.4 cm³/mol. The average molecular weight is 348 g/mol. The van der Waals surface area contributed by atoms with E-state index in [1.807, 2.05) is 31.2 Å². The summed E-state index contributed by atoms with van der Waals surface area (Å²) in [5.41, 5.74) is 2.51. The number of aromatic nitrogens is 3. The molecular weight excluding hydrogens is 328 g/mol. The summed E-state index contributed by atoms with van der Waals surface area (Å²) in [5, 5.41) is 7.09. The van der Waals surface area contributed by atoms with Crippen LogP contribution < -0.4 is 10.1 Å². The highest BCUT2D eigenvalue weighted by Gasteiger charge is 2.12. The number of hydrogen-bond acceptors (Lipinski definition) is 4. The lowest BCUT2D eigenvalue weighted by Crippen LogP contribution is -2.26. The van der Waals surface area contributed by atoms with Crippen molar-refractivity contribution >= 4 is 5.91 Å². The first-order valence-electron chi connectivity index (χ1n) is 8.27. The van der Waals surface area contributed by atoms with Crippen LogP contribution in [0.2, 0.25) is 0 Å². The van der Waals surface area contributed by atoms with Crippen molar-refractivity contribution in [2.75, 3.05) is 6.61 Å². The maximum atomic E-state index is 12.4. The van der Waals surface area contributed by atoms with Gasteiger partial charge in [0.25, 0.3) is 5.91 Å². The zero-order valence-electron chi connectivity index (χ0n) is 14.5. The number of benzene rings is 2. The highest BCUT2D eigenvalue weighted by molar-refractivity contribution is 5.94. The number of carbonyl (C=O) groups excluding carboxylic acids is 1. The molecule has 0 aliphatic rings. The Hall–Kier alpha value is -3.41. The van der Waals surface area contributed by atoms with Gasteiger partial charge >= 0.3 is 0 Å². The third-order valence-corrected chi connectivity index (χ3v) is 3.91. The van der Waals surface area contributed by atoms with Gasteiger partial charge in [0.1, 0.15) is 25.0 Å². The molecule has 0 aliphatic carbocycles. The SMILES string of the molecule is C=CCOc1ccc(C(=O)NC(C)c2ccc(-n3cncn3)cc2)cc1. The van der Waals surface area contributed by atoms with Crippen molar-refractivity contribution in [2.24, 2.45) is 0 Å². The van der Waals surface area contributed by atoms with Crippen molar-refractivity contribution in [3.63, 3.8) is 0 Å². The smallest absolute Gasteiger partial charge is 0.251 e. The fourth-order valence-electron chi connectivity index (χ4n) is 2.48. The number of ether oxygens (including phenoxy) is 1. The minimum absolute atomic E-state index is 0.121. The van der Waals surface area contributed by atoms with Crippen LogP contribution in [0.1, 0.15) is 28.9 Å². The van der Waals surface area contributed by atoms with E-state index < -0.39 is 0 Å². The molecule has 1 unspecified atom stereocenters. The Bertz CT molecular complexity index is 856. The van der Waals surface area contributed by atoms with E-state index in [4.69, 9.17) is 4.74 Å². The fraction of sp³-hybridized carbons (Fsp3) is 0.150. The third-order valence-electron chi connectivity index (χ3n) is 3.91.